The van der Waals surface area contributed by atoms with Crippen LogP contribution in [0.25, 0.3) is 0 Å². The van der Waals surface area contributed by atoms with E-state index in [0.29, 0.717) is 29.6 Å². The molecule has 0 saturated carbocycles. The fraction of sp³-hybridized carbons (Fsp3) is 0.500. The summed E-state index contributed by atoms with van der Waals surface area (Å²) in [6.45, 7) is 8.41. The van der Waals surface area contributed by atoms with Crippen LogP contribution in [0.3, 0.4) is 0 Å². The van der Waals surface area contributed by atoms with E-state index < -0.39 is 5.92 Å². The first-order chi connectivity index (χ1) is 13.8. The van der Waals surface area contributed by atoms with E-state index in [0.717, 1.165) is 24.2 Å². The number of allylic oxidation sites excluding steroid dienone is 4. The highest BCUT2D eigenvalue weighted by atomic mass is 35.5. The molecule has 1 N–H and O–H groups in total. The van der Waals surface area contributed by atoms with Crippen molar-refractivity contribution in [2.45, 2.75) is 59.3 Å². The number of aromatic hydroxyl groups is 1. The number of rotatable bonds is 1. The molecule has 0 spiro atoms. The van der Waals surface area contributed by atoms with Gasteiger partial charge in [0, 0.05) is 48.3 Å². The quantitative estimate of drug-likeness (QED) is 0.571. The fourth-order valence-corrected chi connectivity index (χ4v) is 5.75. The zero-order valence-corrected chi connectivity index (χ0v) is 19.5. The monoisotopic (exact) mass is 447 g/mol. The van der Waals surface area contributed by atoms with Crippen molar-refractivity contribution < 1.29 is 14.7 Å². The summed E-state index contributed by atoms with van der Waals surface area (Å²) in [4.78, 5) is 28.9. The highest BCUT2D eigenvalue weighted by Crippen LogP contribution is 2.54. The minimum Gasteiger partial charge on any atom is -0.505 e. The Kier molecular flexibility index (Phi) is 4.91. The lowest BCUT2D eigenvalue weighted by Crippen LogP contribution is -2.43. The van der Waals surface area contributed by atoms with E-state index in [1.165, 1.54) is 0 Å². The summed E-state index contributed by atoms with van der Waals surface area (Å²) in [6.07, 6.45) is 2.37. The van der Waals surface area contributed by atoms with Crippen LogP contribution in [0.15, 0.2) is 34.7 Å². The van der Waals surface area contributed by atoms with Crippen LogP contribution in [0.1, 0.15) is 64.9 Å². The van der Waals surface area contributed by atoms with Crippen molar-refractivity contribution >= 4 is 34.8 Å². The second-order valence-electron chi connectivity index (χ2n) is 10.4. The number of ketones is 2. The molecule has 2 aliphatic carbocycles. The molecule has 0 saturated heterocycles. The van der Waals surface area contributed by atoms with Crippen LogP contribution in [-0.2, 0) is 9.59 Å². The van der Waals surface area contributed by atoms with Gasteiger partial charge in [0.25, 0.3) is 0 Å². The molecular weight excluding hydrogens is 421 g/mol. The summed E-state index contributed by atoms with van der Waals surface area (Å²) in [6, 6.07) is 3.27. The Morgan fingerprint density at radius 1 is 0.867 bits per heavy atom. The zero-order valence-electron chi connectivity index (χ0n) is 18.0. The lowest BCUT2D eigenvalue weighted by Gasteiger charge is -2.47. The number of carbonyl (C=O) groups excluding carboxylic acids is 2. The fourth-order valence-electron chi connectivity index (χ4n) is 5.25. The Hall–Kier alpha value is -1.78. The molecule has 1 heterocycles. The largest absolute Gasteiger partial charge is 0.505 e. The van der Waals surface area contributed by atoms with Gasteiger partial charge in [0.15, 0.2) is 17.3 Å². The van der Waals surface area contributed by atoms with Crippen LogP contribution in [-0.4, -0.2) is 28.6 Å². The van der Waals surface area contributed by atoms with Gasteiger partial charge in [-0.2, -0.15) is 0 Å². The molecule has 0 unspecified atom stereocenters. The number of Topliss-reactive ketones (excluding diaryl/α,β-unsaturated/α-hetero) is 2. The van der Waals surface area contributed by atoms with Crippen LogP contribution in [0.4, 0.5) is 0 Å². The summed E-state index contributed by atoms with van der Waals surface area (Å²) in [5, 5.41) is 10.3. The standard InChI is InChI=1S/C24H27Cl2NO3/c1-23(2)8-15-20(17(28)10-23)19(12-6-13(25)22(30)14(26)7-12)21-16(27(15)5)9-24(3,4)11-18(21)29/h6-7,19,30H,8-11H2,1-5H3. The number of halogens is 2. The molecule has 1 aliphatic heterocycles. The third-order valence-corrected chi connectivity index (χ3v) is 7.13. The Bertz CT molecular complexity index is 972. The first-order valence-electron chi connectivity index (χ1n) is 10.3. The lowest BCUT2D eigenvalue weighted by molar-refractivity contribution is -0.119. The smallest absolute Gasteiger partial charge is 0.162 e. The second kappa shape index (κ2) is 6.86. The maximum atomic E-state index is 13.4. The molecule has 0 fully saturated rings. The third kappa shape index (κ3) is 3.38. The molecule has 1 aromatic carbocycles. The predicted octanol–water partition coefficient (Wildman–Crippen LogP) is 6.01. The molecule has 160 valence electrons. The van der Waals surface area contributed by atoms with Crippen molar-refractivity contribution in [3.8, 4) is 5.75 Å². The van der Waals surface area contributed by atoms with Gasteiger partial charge in [0.2, 0.25) is 0 Å². The molecular formula is C24H27Cl2NO3. The molecule has 0 radical (unpaired) electrons. The van der Waals surface area contributed by atoms with Gasteiger partial charge in [0.05, 0.1) is 10.0 Å². The zero-order chi connectivity index (χ0) is 22.2. The van der Waals surface area contributed by atoms with E-state index in [4.69, 9.17) is 23.2 Å². The lowest BCUT2D eigenvalue weighted by atomic mass is 9.64. The van der Waals surface area contributed by atoms with Crippen LogP contribution in [0.5, 0.6) is 5.75 Å². The molecule has 3 aliphatic rings. The normalized spacial score (nSPS) is 23.6. The number of phenols is 1. The number of hydrogen-bond acceptors (Lipinski definition) is 4. The first-order valence-corrected chi connectivity index (χ1v) is 11.0. The molecule has 0 atom stereocenters. The van der Waals surface area contributed by atoms with Crippen molar-refractivity contribution in [2.24, 2.45) is 10.8 Å². The summed E-state index contributed by atoms with van der Waals surface area (Å²) in [7, 11) is 1.97. The summed E-state index contributed by atoms with van der Waals surface area (Å²) >= 11 is 12.5. The topological polar surface area (TPSA) is 57.6 Å². The Labute approximate surface area is 187 Å². The molecule has 0 bridgehead atoms. The molecule has 30 heavy (non-hydrogen) atoms. The van der Waals surface area contributed by atoms with Gasteiger partial charge < -0.3 is 10.0 Å². The number of carbonyl (C=O) groups is 2. The number of nitrogens with zero attached hydrogens (tertiary/aromatic N) is 1. The molecule has 1 aromatic rings. The van der Waals surface area contributed by atoms with Crippen molar-refractivity contribution in [3.63, 3.8) is 0 Å². The summed E-state index contributed by atoms with van der Waals surface area (Å²) < 4.78 is 0. The van der Waals surface area contributed by atoms with Crippen molar-refractivity contribution in [3.05, 3.63) is 50.3 Å². The van der Waals surface area contributed by atoms with Crippen molar-refractivity contribution in [1.82, 2.24) is 4.90 Å². The van der Waals surface area contributed by atoms with Gasteiger partial charge in [-0.15, -0.1) is 0 Å². The van der Waals surface area contributed by atoms with Gasteiger partial charge in [0.1, 0.15) is 0 Å². The number of benzene rings is 1. The van der Waals surface area contributed by atoms with Crippen LogP contribution in [0, 0.1) is 10.8 Å². The maximum absolute atomic E-state index is 13.4. The number of phenolic OH excluding ortho intramolecular Hbond substituents is 1. The summed E-state index contributed by atoms with van der Waals surface area (Å²) in [5.74, 6) is -0.579. The Morgan fingerprint density at radius 2 is 1.27 bits per heavy atom. The molecule has 0 amide bonds. The minimum atomic E-state index is -0.506. The van der Waals surface area contributed by atoms with Gasteiger partial charge in [-0.25, -0.2) is 0 Å². The van der Waals surface area contributed by atoms with E-state index in [-0.39, 0.29) is 38.2 Å². The molecule has 6 heteroatoms. The first kappa shape index (κ1) is 21.5. The maximum Gasteiger partial charge on any atom is 0.162 e. The minimum absolute atomic E-state index is 0.0580. The van der Waals surface area contributed by atoms with Crippen molar-refractivity contribution in [2.75, 3.05) is 7.05 Å². The molecule has 4 rings (SSSR count). The van der Waals surface area contributed by atoms with E-state index in [9.17, 15) is 14.7 Å². The highest BCUT2D eigenvalue weighted by Gasteiger charge is 2.48. The third-order valence-electron chi connectivity index (χ3n) is 6.55. The van der Waals surface area contributed by atoms with E-state index in [2.05, 4.69) is 32.6 Å². The van der Waals surface area contributed by atoms with E-state index in [1.54, 1.807) is 12.1 Å². The van der Waals surface area contributed by atoms with Gasteiger partial charge >= 0.3 is 0 Å². The number of hydrogen-bond donors (Lipinski definition) is 1. The molecule has 0 aromatic heterocycles. The summed E-state index contributed by atoms with van der Waals surface area (Å²) in [5.41, 5.74) is 3.67. The highest BCUT2D eigenvalue weighted by molar-refractivity contribution is 6.37. The SMILES string of the molecule is CN1C2=C(C(=O)CC(C)(C)C2)C(c2cc(Cl)c(O)c(Cl)c2)C2=C1CC(C)(C)CC2=O. The van der Waals surface area contributed by atoms with Crippen LogP contribution >= 0.6 is 23.2 Å². The van der Waals surface area contributed by atoms with Gasteiger partial charge in [-0.3, -0.25) is 9.59 Å². The average molecular weight is 448 g/mol. The van der Waals surface area contributed by atoms with Crippen LogP contribution in [0.2, 0.25) is 10.0 Å². The molecule has 4 nitrogen and oxygen atoms in total. The Morgan fingerprint density at radius 3 is 1.67 bits per heavy atom. The van der Waals surface area contributed by atoms with Gasteiger partial charge in [-0.05, 0) is 41.4 Å². The second-order valence-corrected chi connectivity index (χ2v) is 11.2. The Balaban J connectivity index is 2.00. The van der Waals surface area contributed by atoms with Gasteiger partial charge in [-0.1, -0.05) is 50.9 Å². The van der Waals surface area contributed by atoms with E-state index >= 15 is 0 Å². The van der Waals surface area contributed by atoms with E-state index in [1.807, 2.05) is 7.05 Å². The average Bonchev–Trinajstić information content (AvgIpc) is 2.59. The van der Waals surface area contributed by atoms with Crippen molar-refractivity contribution in [1.29, 1.82) is 0 Å². The van der Waals surface area contributed by atoms with Crippen LogP contribution < -0.4 is 0 Å². The predicted molar refractivity (Wildman–Crippen MR) is 119 cm³/mol.